The van der Waals surface area contributed by atoms with Gasteiger partial charge < -0.3 is 25.8 Å². The molecule has 4 aromatic rings. The third-order valence-electron chi connectivity index (χ3n) is 9.13. The van der Waals surface area contributed by atoms with Crippen LogP contribution in [0.5, 0.6) is 0 Å². The van der Waals surface area contributed by atoms with Crippen LogP contribution < -0.4 is 16.4 Å². The van der Waals surface area contributed by atoms with E-state index in [-0.39, 0.29) is 23.6 Å². The van der Waals surface area contributed by atoms with Gasteiger partial charge in [0.25, 0.3) is 0 Å². The number of rotatable bonds is 5. The molecule has 2 aromatic carbocycles. The molecule has 0 spiro atoms. The van der Waals surface area contributed by atoms with Gasteiger partial charge in [0.05, 0.1) is 22.2 Å². The molecule has 4 N–H and O–H groups in total. The lowest BCUT2D eigenvalue weighted by Gasteiger charge is -2.41. The van der Waals surface area contributed by atoms with Gasteiger partial charge in [0, 0.05) is 55.7 Å². The Balaban J connectivity index is 1.20. The third kappa shape index (κ3) is 7.04. The predicted molar refractivity (Wildman–Crippen MR) is 167 cm³/mol. The van der Waals surface area contributed by atoms with Crippen molar-refractivity contribution in [1.29, 1.82) is 0 Å². The Hall–Kier alpha value is -4.44. The number of hydrogen-bond donors (Lipinski definition) is 3. The number of urea groups is 1. The summed E-state index contributed by atoms with van der Waals surface area (Å²) in [6.45, 7) is 4.20. The molecule has 1 aliphatic heterocycles. The molecule has 48 heavy (non-hydrogen) atoms. The minimum Gasteiger partial charge on any atom is -0.383 e. The van der Waals surface area contributed by atoms with Crippen molar-refractivity contribution in [3.8, 4) is 11.1 Å². The van der Waals surface area contributed by atoms with Crippen molar-refractivity contribution >= 4 is 34.3 Å². The monoisotopic (exact) mass is 678 g/mol. The van der Waals surface area contributed by atoms with Gasteiger partial charge in [-0.05, 0) is 68.6 Å². The normalized spacial score (nSPS) is 19.8. The molecule has 2 aliphatic rings. The quantitative estimate of drug-likeness (QED) is 0.193. The first-order chi connectivity index (χ1) is 22.7. The first-order valence-corrected chi connectivity index (χ1v) is 15.4. The van der Waals surface area contributed by atoms with Crippen LogP contribution in [-0.4, -0.2) is 69.6 Å². The molecular formula is C32H33F7N8O. The van der Waals surface area contributed by atoms with Crippen molar-refractivity contribution in [2.75, 3.05) is 49.6 Å². The number of fused-ring (bicyclic) bond motifs is 1. The molecule has 0 bridgehead atoms. The minimum atomic E-state index is -5.10. The second kappa shape index (κ2) is 12.9. The molecule has 16 heteroatoms. The Morgan fingerprint density at radius 1 is 0.854 bits per heavy atom. The molecular weight excluding hydrogens is 645 g/mol. The van der Waals surface area contributed by atoms with Crippen LogP contribution in [0.3, 0.4) is 0 Å². The minimum absolute atomic E-state index is 0.0597. The van der Waals surface area contributed by atoms with Crippen LogP contribution >= 0.6 is 0 Å². The molecule has 0 unspecified atom stereocenters. The Labute approximate surface area is 270 Å². The number of piperazine rings is 1. The van der Waals surface area contributed by atoms with Crippen molar-refractivity contribution < 1.29 is 35.5 Å². The van der Waals surface area contributed by atoms with Crippen LogP contribution in [-0.2, 0) is 12.4 Å². The van der Waals surface area contributed by atoms with Crippen molar-refractivity contribution in [1.82, 2.24) is 24.3 Å². The van der Waals surface area contributed by atoms with Gasteiger partial charge in [-0.3, -0.25) is 4.90 Å². The Kier molecular flexibility index (Phi) is 8.98. The lowest BCUT2D eigenvalue weighted by molar-refractivity contribution is -0.143. The van der Waals surface area contributed by atoms with E-state index >= 15 is 4.39 Å². The van der Waals surface area contributed by atoms with Gasteiger partial charge >= 0.3 is 18.4 Å². The number of halogens is 7. The number of hydrogen-bond acceptors (Lipinski definition) is 6. The molecule has 0 atom stereocenters. The van der Waals surface area contributed by atoms with E-state index in [9.17, 15) is 31.1 Å². The fourth-order valence-corrected chi connectivity index (χ4v) is 6.59. The molecule has 6 rings (SSSR count). The van der Waals surface area contributed by atoms with Gasteiger partial charge in [-0.1, -0.05) is 6.07 Å². The molecule has 2 aromatic heterocycles. The number of nitrogens with one attached hydrogen (secondary N) is 2. The number of alkyl halides is 6. The summed E-state index contributed by atoms with van der Waals surface area (Å²) in [6, 6.07) is 3.97. The van der Waals surface area contributed by atoms with Gasteiger partial charge in [-0.15, -0.1) is 0 Å². The smallest absolute Gasteiger partial charge is 0.383 e. The highest BCUT2D eigenvalue weighted by Crippen LogP contribution is 2.40. The fraction of sp³-hybridized carbons (Fsp3) is 0.406. The average Bonchev–Trinajstić information content (AvgIpc) is 3.42. The summed E-state index contributed by atoms with van der Waals surface area (Å²) in [5.74, 6) is -0.687. The lowest BCUT2D eigenvalue weighted by Crippen LogP contribution is -2.49. The number of benzene rings is 2. The third-order valence-corrected chi connectivity index (χ3v) is 9.13. The maximum absolute atomic E-state index is 15.4. The summed E-state index contributed by atoms with van der Waals surface area (Å²) in [4.78, 5) is 26.1. The molecule has 2 fully saturated rings. The van der Waals surface area contributed by atoms with Crippen LogP contribution in [0.25, 0.3) is 22.2 Å². The summed E-state index contributed by atoms with van der Waals surface area (Å²) in [5.41, 5.74) is 3.54. The van der Waals surface area contributed by atoms with E-state index in [1.54, 1.807) is 0 Å². The maximum atomic E-state index is 15.4. The number of nitrogen functional groups attached to an aromatic ring is 1. The van der Waals surface area contributed by atoms with Crippen LogP contribution in [0.4, 0.5) is 52.7 Å². The lowest BCUT2D eigenvalue weighted by atomic mass is 9.89. The molecule has 1 aliphatic carbocycles. The summed E-state index contributed by atoms with van der Waals surface area (Å²) in [7, 11) is 2.13. The van der Waals surface area contributed by atoms with Crippen molar-refractivity contribution in [3.63, 3.8) is 0 Å². The first kappa shape index (κ1) is 33.5. The molecule has 9 nitrogen and oxygen atoms in total. The number of nitrogens with zero attached hydrogens (tertiary/aromatic N) is 5. The highest BCUT2D eigenvalue weighted by atomic mass is 19.4. The van der Waals surface area contributed by atoms with Crippen molar-refractivity contribution in [2.24, 2.45) is 0 Å². The second-order valence-electron chi connectivity index (χ2n) is 12.3. The zero-order valence-electron chi connectivity index (χ0n) is 25.8. The average molecular weight is 679 g/mol. The Morgan fingerprint density at radius 3 is 2.08 bits per heavy atom. The summed E-state index contributed by atoms with van der Waals surface area (Å²) >= 11 is 0. The van der Waals surface area contributed by atoms with Gasteiger partial charge in [-0.25, -0.2) is 19.2 Å². The molecule has 0 radical (unpaired) electrons. The molecule has 3 heterocycles. The summed E-state index contributed by atoms with van der Waals surface area (Å²) in [6.07, 6.45) is -3.05. The van der Waals surface area contributed by atoms with E-state index in [2.05, 4.69) is 36.7 Å². The van der Waals surface area contributed by atoms with E-state index in [0.29, 0.717) is 40.3 Å². The molecule has 1 saturated carbocycles. The molecule has 1 saturated heterocycles. The van der Waals surface area contributed by atoms with Crippen LogP contribution in [0.15, 0.2) is 48.9 Å². The van der Waals surface area contributed by atoms with Gasteiger partial charge in [0.2, 0.25) is 0 Å². The van der Waals surface area contributed by atoms with E-state index in [1.807, 2.05) is 11.5 Å². The number of amides is 2. The topological polar surface area (TPSA) is 104 Å². The summed E-state index contributed by atoms with van der Waals surface area (Å²) in [5, 5.41) is 4.61. The van der Waals surface area contributed by atoms with Crippen LogP contribution in [0.1, 0.15) is 42.9 Å². The first-order valence-electron chi connectivity index (χ1n) is 15.4. The number of anilines is 3. The Morgan fingerprint density at radius 2 is 1.48 bits per heavy atom. The zero-order chi connectivity index (χ0) is 34.4. The predicted octanol–water partition coefficient (Wildman–Crippen LogP) is 7.23. The van der Waals surface area contributed by atoms with E-state index in [1.165, 1.54) is 18.5 Å². The Bertz CT molecular complexity index is 1770. The second-order valence-corrected chi connectivity index (χ2v) is 12.3. The van der Waals surface area contributed by atoms with E-state index in [0.717, 1.165) is 57.9 Å². The molecule has 2 amide bonds. The number of aromatic nitrogens is 3. The maximum Gasteiger partial charge on any atom is 0.416 e. The highest BCUT2D eigenvalue weighted by Gasteiger charge is 2.37. The SMILES string of the molecule is CN1CCN([C@H]2CC[C@@H](n3cc(-c4ccc(NC(=O)Nc5cc(C(F)(F)F)cc(C(F)(F)F)c5)c(F)c4)c4c(N)ncnc43)CC2)CC1. The largest absolute Gasteiger partial charge is 0.416 e. The van der Waals surface area contributed by atoms with Crippen LogP contribution in [0, 0.1) is 5.82 Å². The number of likely N-dealkylation sites (N-methyl/N-ethyl adjacent to an activating group) is 1. The van der Waals surface area contributed by atoms with Crippen molar-refractivity contribution in [2.45, 2.75) is 50.1 Å². The zero-order valence-corrected chi connectivity index (χ0v) is 25.8. The van der Waals surface area contributed by atoms with Crippen LogP contribution in [0.2, 0.25) is 0 Å². The van der Waals surface area contributed by atoms with Gasteiger partial charge in [-0.2, -0.15) is 26.3 Å². The number of carbonyl (C=O) groups excluding carboxylic acids is 1. The van der Waals surface area contributed by atoms with Gasteiger partial charge in [0.1, 0.15) is 23.6 Å². The van der Waals surface area contributed by atoms with E-state index in [4.69, 9.17) is 5.73 Å². The number of nitrogens with two attached hydrogens (primary N) is 1. The van der Waals surface area contributed by atoms with E-state index < -0.39 is 41.0 Å². The number of carbonyl (C=O) groups is 1. The van der Waals surface area contributed by atoms with Gasteiger partial charge in [0.15, 0.2) is 0 Å². The standard InChI is InChI=1S/C32H33F7N8O/c1-45-8-10-46(11-9-45)22-3-5-23(6-4-22)47-16-24(27-28(40)41-17-42-29(27)47)18-2-7-26(25(33)12-18)44-30(48)43-21-14-19(31(34,35)36)13-20(15-21)32(37,38)39/h2,7,12-17,22-23H,3-6,8-11H2,1H3,(H2,40,41,42)(H2,43,44,48)/t22-,23+. The molecule has 256 valence electrons. The summed E-state index contributed by atoms with van der Waals surface area (Å²) < 4.78 is 96.7. The fourth-order valence-electron chi connectivity index (χ4n) is 6.59. The highest BCUT2D eigenvalue weighted by molar-refractivity contribution is 6.02. The van der Waals surface area contributed by atoms with Crippen molar-refractivity contribution in [3.05, 3.63) is 65.9 Å².